The average molecular weight is 277 g/mol. The summed E-state index contributed by atoms with van der Waals surface area (Å²) in [6.45, 7) is 3.55. The van der Waals surface area contributed by atoms with Crippen LogP contribution in [0.5, 0.6) is 0 Å². The maximum atomic E-state index is 11.9. The molecule has 0 bridgehead atoms. The predicted molar refractivity (Wildman–Crippen MR) is 77.0 cm³/mol. The number of rotatable bonds is 6. The van der Waals surface area contributed by atoms with Gasteiger partial charge in [0.05, 0.1) is 0 Å². The van der Waals surface area contributed by atoms with Crippen LogP contribution in [0.4, 0.5) is 0 Å². The molecule has 20 heavy (non-hydrogen) atoms. The third kappa shape index (κ3) is 4.58. The van der Waals surface area contributed by atoms with Crippen molar-refractivity contribution in [3.8, 4) is 0 Å². The number of aliphatic hydroxyl groups is 1. The highest BCUT2D eigenvalue weighted by Crippen LogP contribution is 2.19. The van der Waals surface area contributed by atoms with Gasteiger partial charge in [0.15, 0.2) is 0 Å². The summed E-state index contributed by atoms with van der Waals surface area (Å²) in [5.41, 5.74) is 1.27. The summed E-state index contributed by atoms with van der Waals surface area (Å²) in [6.07, 6.45) is 6.09. The lowest BCUT2D eigenvalue weighted by Crippen LogP contribution is -2.40. The Morgan fingerprint density at radius 2 is 2.05 bits per heavy atom. The Labute approximate surface area is 120 Å². The molecule has 1 fully saturated rings. The van der Waals surface area contributed by atoms with Crippen molar-refractivity contribution in [2.24, 2.45) is 5.92 Å². The number of pyridine rings is 1. The molecule has 1 aliphatic heterocycles. The number of likely N-dealkylation sites (tertiary alicyclic amines) is 1. The fourth-order valence-electron chi connectivity index (χ4n) is 2.53. The molecule has 0 saturated carbocycles. The van der Waals surface area contributed by atoms with Crippen LogP contribution in [0, 0.1) is 5.92 Å². The highest BCUT2D eigenvalue weighted by molar-refractivity contribution is 5.78. The van der Waals surface area contributed by atoms with Gasteiger partial charge in [0.2, 0.25) is 5.91 Å². The largest absolute Gasteiger partial charge is 0.396 e. The SMILES string of the molecule is O=C(NCCCO)C1CCN(Cc2ccncc2)CC1. The summed E-state index contributed by atoms with van der Waals surface area (Å²) in [6, 6.07) is 4.07. The maximum Gasteiger partial charge on any atom is 0.223 e. The molecule has 0 spiro atoms. The van der Waals surface area contributed by atoms with Crippen LogP contribution < -0.4 is 5.32 Å². The van der Waals surface area contributed by atoms with Crippen molar-refractivity contribution in [3.05, 3.63) is 30.1 Å². The zero-order valence-corrected chi connectivity index (χ0v) is 11.8. The van der Waals surface area contributed by atoms with E-state index in [0.717, 1.165) is 32.5 Å². The third-order valence-electron chi connectivity index (χ3n) is 3.75. The number of piperidine rings is 1. The van der Waals surface area contributed by atoms with E-state index in [4.69, 9.17) is 5.11 Å². The van der Waals surface area contributed by atoms with Crippen molar-refractivity contribution in [2.75, 3.05) is 26.2 Å². The second kappa shape index (κ2) is 7.97. The molecule has 5 nitrogen and oxygen atoms in total. The van der Waals surface area contributed by atoms with Gasteiger partial charge < -0.3 is 10.4 Å². The molecule has 0 aliphatic carbocycles. The summed E-state index contributed by atoms with van der Waals surface area (Å²) < 4.78 is 0. The molecule has 1 aliphatic rings. The van der Waals surface area contributed by atoms with Gasteiger partial charge >= 0.3 is 0 Å². The number of carbonyl (C=O) groups excluding carboxylic acids is 1. The topological polar surface area (TPSA) is 65.5 Å². The lowest BCUT2D eigenvalue weighted by Gasteiger charge is -2.31. The van der Waals surface area contributed by atoms with Gasteiger partial charge in [0, 0.05) is 38.0 Å². The van der Waals surface area contributed by atoms with E-state index in [1.54, 1.807) is 0 Å². The van der Waals surface area contributed by atoms with E-state index in [1.165, 1.54) is 5.56 Å². The van der Waals surface area contributed by atoms with Gasteiger partial charge in [-0.3, -0.25) is 14.7 Å². The predicted octanol–water partition coefficient (Wildman–Crippen LogP) is 0.792. The minimum Gasteiger partial charge on any atom is -0.396 e. The van der Waals surface area contributed by atoms with Gasteiger partial charge in [-0.1, -0.05) is 0 Å². The summed E-state index contributed by atoms with van der Waals surface area (Å²) in [4.78, 5) is 18.3. The Balaban J connectivity index is 1.71. The Morgan fingerprint density at radius 3 is 2.70 bits per heavy atom. The smallest absolute Gasteiger partial charge is 0.223 e. The Kier molecular flexibility index (Phi) is 5.95. The molecule has 2 heterocycles. The van der Waals surface area contributed by atoms with E-state index < -0.39 is 0 Å². The molecule has 1 aromatic heterocycles. The minimum atomic E-state index is 0.127. The molecule has 2 N–H and O–H groups in total. The fourth-order valence-corrected chi connectivity index (χ4v) is 2.53. The molecule has 0 aromatic carbocycles. The van der Waals surface area contributed by atoms with Crippen LogP contribution in [-0.4, -0.2) is 47.1 Å². The molecule has 0 unspecified atom stereocenters. The van der Waals surface area contributed by atoms with Gasteiger partial charge in [-0.2, -0.15) is 0 Å². The van der Waals surface area contributed by atoms with Crippen molar-refractivity contribution >= 4 is 5.91 Å². The number of nitrogens with one attached hydrogen (secondary N) is 1. The molecule has 110 valence electrons. The van der Waals surface area contributed by atoms with E-state index in [1.807, 2.05) is 24.5 Å². The number of hydrogen-bond donors (Lipinski definition) is 2. The van der Waals surface area contributed by atoms with E-state index in [-0.39, 0.29) is 18.4 Å². The van der Waals surface area contributed by atoms with Crippen LogP contribution in [-0.2, 0) is 11.3 Å². The lowest BCUT2D eigenvalue weighted by molar-refractivity contribution is -0.126. The van der Waals surface area contributed by atoms with Crippen LogP contribution >= 0.6 is 0 Å². The minimum absolute atomic E-state index is 0.127. The number of hydrogen-bond acceptors (Lipinski definition) is 4. The molecule has 0 atom stereocenters. The standard InChI is InChI=1S/C15H23N3O2/c19-11-1-6-17-15(20)14-4-9-18(10-5-14)12-13-2-7-16-8-3-13/h2-3,7-8,14,19H,1,4-6,9-12H2,(H,17,20). The van der Waals surface area contributed by atoms with E-state index in [0.29, 0.717) is 13.0 Å². The van der Waals surface area contributed by atoms with Crippen molar-refractivity contribution in [1.82, 2.24) is 15.2 Å². The zero-order valence-electron chi connectivity index (χ0n) is 11.8. The van der Waals surface area contributed by atoms with Gasteiger partial charge in [-0.15, -0.1) is 0 Å². The normalized spacial score (nSPS) is 17.1. The molecule has 5 heteroatoms. The Bertz CT molecular complexity index is 403. The summed E-state index contributed by atoms with van der Waals surface area (Å²) in [5.74, 6) is 0.268. The van der Waals surface area contributed by atoms with Crippen molar-refractivity contribution in [1.29, 1.82) is 0 Å². The molecular weight excluding hydrogens is 254 g/mol. The van der Waals surface area contributed by atoms with Gasteiger partial charge in [0.1, 0.15) is 0 Å². The van der Waals surface area contributed by atoms with Crippen molar-refractivity contribution < 1.29 is 9.90 Å². The van der Waals surface area contributed by atoms with Gasteiger partial charge in [-0.25, -0.2) is 0 Å². The Hall–Kier alpha value is -1.46. The van der Waals surface area contributed by atoms with Crippen molar-refractivity contribution in [3.63, 3.8) is 0 Å². The van der Waals surface area contributed by atoms with Crippen LogP contribution in [0.2, 0.25) is 0 Å². The van der Waals surface area contributed by atoms with E-state index in [9.17, 15) is 4.79 Å². The number of amides is 1. The van der Waals surface area contributed by atoms with E-state index in [2.05, 4.69) is 15.2 Å². The monoisotopic (exact) mass is 277 g/mol. The molecule has 1 aromatic rings. The maximum absolute atomic E-state index is 11.9. The number of nitrogens with zero attached hydrogens (tertiary/aromatic N) is 2. The summed E-state index contributed by atoms with van der Waals surface area (Å²) in [5, 5.41) is 11.6. The first-order valence-corrected chi connectivity index (χ1v) is 7.29. The fraction of sp³-hybridized carbons (Fsp3) is 0.600. The molecule has 2 rings (SSSR count). The Morgan fingerprint density at radius 1 is 1.35 bits per heavy atom. The molecular formula is C15H23N3O2. The highest BCUT2D eigenvalue weighted by Gasteiger charge is 2.24. The number of aromatic nitrogens is 1. The van der Waals surface area contributed by atoms with Crippen LogP contribution in [0.25, 0.3) is 0 Å². The molecule has 1 saturated heterocycles. The zero-order chi connectivity index (χ0) is 14.2. The van der Waals surface area contributed by atoms with Crippen LogP contribution in [0.15, 0.2) is 24.5 Å². The van der Waals surface area contributed by atoms with Crippen molar-refractivity contribution in [2.45, 2.75) is 25.8 Å². The average Bonchev–Trinajstić information content (AvgIpc) is 2.49. The molecule has 1 amide bonds. The first kappa shape index (κ1) is 14.9. The van der Waals surface area contributed by atoms with Gasteiger partial charge in [-0.05, 0) is 50.0 Å². The van der Waals surface area contributed by atoms with Crippen LogP contribution in [0.1, 0.15) is 24.8 Å². The highest BCUT2D eigenvalue weighted by atomic mass is 16.3. The van der Waals surface area contributed by atoms with Gasteiger partial charge in [0.25, 0.3) is 0 Å². The number of carbonyl (C=O) groups is 1. The number of aliphatic hydroxyl groups excluding tert-OH is 1. The molecule has 0 radical (unpaired) electrons. The van der Waals surface area contributed by atoms with E-state index >= 15 is 0 Å². The first-order chi connectivity index (χ1) is 9.79. The van der Waals surface area contributed by atoms with Crippen LogP contribution in [0.3, 0.4) is 0 Å². The second-order valence-corrected chi connectivity index (χ2v) is 5.27. The summed E-state index contributed by atoms with van der Waals surface area (Å²) in [7, 11) is 0. The quantitative estimate of drug-likeness (QED) is 0.755. The second-order valence-electron chi connectivity index (χ2n) is 5.27. The third-order valence-corrected chi connectivity index (χ3v) is 3.75. The first-order valence-electron chi connectivity index (χ1n) is 7.29. The summed E-state index contributed by atoms with van der Waals surface area (Å²) >= 11 is 0. The lowest BCUT2D eigenvalue weighted by atomic mass is 9.95.